The number of nitrogens with zero attached hydrogens (tertiary/aromatic N) is 1. The largest absolute Gasteiger partial charge is 0.440 e. The van der Waals surface area contributed by atoms with Crippen LogP contribution < -0.4 is 16.1 Å². The Kier molecular flexibility index (Phi) is 3.66. The number of rotatable bonds is 1. The molecule has 5 nitrogen and oxygen atoms in total. The summed E-state index contributed by atoms with van der Waals surface area (Å²) >= 11 is 2.18. The van der Waals surface area contributed by atoms with Crippen LogP contribution in [0.1, 0.15) is 22.8 Å². The average molecular weight is 406 g/mol. The van der Waals surface area contributed by atoms with Gasteiger partial charge >= 0.3 is 5.63 Å². The molecule has 2 aromatic rings. The first-order valence-corrected chi connectivity index (χ1v) is 7.57. The number of benzene rings is 1. The van der Waals surface area contributed by atoms with Gasteiger partial charge in [-0.1, -0.05) is 12.1 Å². The number of halogens is 1. The van der Waals surface area contributed by atoms with E-state index in [0.717, 1.165) is 9.13 Å². The highest BCUT2D eigenvalue weighted by atomic mass is 127. The Hall–Kier alpha value is -2.27. The van der Waals surface area contributed by atoms with Crippen LogP contribution in [0.2, 0.25) is 0 Å². The quantitative estimate of drug-likeness (QED) is 0.736. The number of nitrogens with two attached hydrogens (primary N) is 1. The molecule has 3 rings (SSSR count). The zero-order chi connectivity index (χ0) is 15.9. The Balaban J connectivity index is 2.32. The van der Waals surface area contributed by atoms with Crippen molar-refractivity contribution in [3.63, 3.8) is 0 Å². The van der Waals surface area contributed by atoms with E-state index in [1.54, 1.807) is 13.0 Å². The molecule has 0 amide bonds. The number of fused-ring (bicyclic) bond motifs is 1. The predicted molar refractivity (Wildman–Crippen MR) is 88.2 cm³/mol. The van der Waals surface area contributed by atoms with Crippen molar-refractivity contribution >= 4 is 22.6 Å². The fourth-order valence-electron chi connectivity index (χ4n) is 2.54. The molecule has 22 heavy (non-hydrogen) atoms. The molecule has 1 atom stereocenters. The molecule has 0 aliphatic carbocycles. The third kappa shape index (κ3) is 2.37. The van der Waals surface area contributed by atoms with Crippen LogP contribution in [0.25, 0.3) is 0 Å². The number of allylic oxidation sites excluding steroid dienone is 1. The summed E-state index contributed by atoms with van der Waals surface area (Å²) in [5.74, 6) is 0.205. The van der Waals surface area contributed by atoms with Gasteiger partial charge in [-0.3, -0.25) is 0 Å². The normalized spacial score (nSPS) is 16.7. The van der Waals surface area contributed by atoms with Crippen molar-refractivity contribution in [1.82, 2.24) is 0 Å². The first-order chi connectivity index (χ1) is 10.5. The Morgan fingerprint density at radius 3 is 2.82 bits per heavy atom. The third-order valence-corrected chi connectivity index (χ3v) is 4.11. The van der Waals surface area contributed by atoms with Crippen molar-refractivity contribution in [3.8, 4) is 11.8 Å². The highest BCUT2D eigenvalue weighted by Crippen LogP contribution is 2.40. The van der Waals surface area contributed by atoms with Crippen molar-refractivity contribution in [2.45, 2.75) is 12.8 Å². The lowest BCUT2D eigenvalue weighted by Gasteiger charge is -2.25. The molecule has 1 aromatic heterocycles. The lowest BCUT2D eigenvalue weighted by molar-refractivity contribution is 0.371. The molecular weight excluding hydrogens is 395 g/mol. The van der Waals surface area contributed by atoms with Crippen LogP contribution in [0.4, 0.5) is 0 Å². The number of nitriles is 1. The molecule has 0 bridgehead atoms. The highest BCUT2D eigenvalue weighted by Gasteiger charge is 2.34. The monoisotopic (exact) mass is 406 g/mol. The minimum atomic E-state index is -0.583. The summed E-state index contributed by atoms with van der Waals surface area (Å²) in [5.41, 5.74) is 6.67. The standard InChI is InChI=1S/C16H11IN2O3/c1-8-5-12-14(16(20)21-8)13(11(7-18)15(19)22-12)9-3-2-4-10(17)6-9/h2-6,13H,19H2,1H3. The Morgan fingerprint density at radius 2 is 2.14 bits per heavy atom. The van der Waals surface area contributed by atoms with E-state index in [1.807, 2.05) is 24.3 Å². The van der Waals surface area contributed by atoms with Crippen LogP contribution in [0.5, 0.6) is 5.75 Å². The fraction of sp³-hybridized carbons (Fsp3) is 0.125. The summed E-state index contributed by atoms with van der Waals surface area (Å²) < 4.78 is 11.6. The van der Waals surface area contributed by atoms with Gasteiger partial charge in [-0.05, 0) is 47.2 Å². The molecule has 1 aliphatic heterocycles. The van der Waals surface area contributed by atoms with Crippen molar-refractivity contribution < 1.29 is 9.15 Å². The SMILES string of the molecule is Cc1cc2c(c(=O)o1)C(c1cccc(I)c1)C(C#N)=C(N)O2. The summed E-state index contributed by atoms with van der Waals surface area (Å²) in [4.78, 5) is 12.3. The van der Waals surface area contributed by atoms with Crippen molar-refractivity contribution in [1.29, 1.82) is 5.26 Å². The second kappa shape index (κ2) is 5.50. The second-order valence-electron chi connectivity index (χ2n) is 4.90. The number of aryl methyl sites for hydroxylation is 1. The summed E-state index contributed by atoms with van der Waals surface area (Å²) in [5, 5.41) is 9.43. The van der Waals surface area contributed by atoms with Crippen LogP contribution in [-0.4, -0.2) is 0 Å². The summed E-state index contributed by atoms with van der Waals surface area (Å²) in [6.07, 6.45) is 0. The summed E-state index contributed by atoms with van der Waals surface area (Å²) in [7, 11) is 0. The molecule has 1 unspecified atom stereocenters. The van der Waals surface area contributed by atoms with Gasteiger partial charge in [0.25, 0.3) is 0 Å². The average Bonchev–Trinajstić information content (AvgIpc) is 2.45. The van der Waals surface area contributed by atoms with Crippen LogP contribution in [0, 0.1) is 21.8 Å². The van der Waals surface area contributed by atoms with E-state index in [4.69, 9.17) is 14.9 Å². The third-order valence-electron chi connectivity index (χ3n) is 3.44. The van der Waals surface area contributed by atoms with Gasteiger partial charge in [-0.25, -0.2) is 4.79 Å². The molecule has 6 heteroatoms. The highest BCUT2D eigenvalue weighted by molar-refractivity contribution is 14.1. The van der Waals surface area contributed by atoms with Crippen molar-refractivity contribution in [3.05, 3.63) is 72.7 Å². The van der Waals surface area contributed by atoms with Crippen molar-refractivity contribution in [2.75, 3.05) is 0 Å². The van der Waals surface area contributed by atoms with Gasteiger partial charge in [-0.15, -0.1) is 0 Å². The zero-order valence-corrected chi connectivity index (χ0v) is 13.7. The molecular formula is C16H11IN2O3. The summed E-state index contributed by atoms with van der Waals surface area (Å²) in [6, 6.07) is 11.2. The van der Waals surface area contributed by atoms with E-state index < -0.39 is 11.5 Å². The maximum absolute atomic E-state index is 12.3. The lowest BCUT2D eigenvalue weighted by atomic mass is 9.84. The molecule has 1 aliphatic rings. The van der Waals surface area contributed by atoms with Crippen LogP contribution in [0.3, 0.4) is 0 Å². The lowest BCUT2D eigenvalue weighted by Crippen LogP contribution is -2.26. The van der Waals surface area contributed by atoms with E-state index in [2.05, 4.69) is 28.7 Å². The fourth-order valence-corrected chi connectivity index (χ4v) is 3.10. The second-order valence-corrected chi connectivity index (χ2v) is 6.15. The maximum Gasteiger partial charge on any atom is 0.343 e. The van der Waals surface area contributed by atoms with Gasteiger partial charge in [0.15, 0.2) is 0 Å². The topological polar surface area (TPSA) is 89.2 Å². The van der Waals surface area contributed by atoms with E-state index >= 15 is 0 Å². The van der Waals surface area contributed by atoms with Gasteiger partial charge in [0.1, 0.15) is 23.2 Å². The van der Waals surface area contributed by atoms with Crippen LogP contribution in [-0.2, 0) is 0 Å². The molecule has 0 spiro atoms. The smallest absolute Gasteiger partial charge is 0.343 e. The Bertz CT molecular complexity index is 893. The Morgan fingerprint density at radius 1 is 1.36 bits per heavy atom. The van der Waals surface area contributed by atoms with Crippen LogP contribution >= 0.6 is 22.6 Å². The van der Waals surface area contributed by atoms with Gasteiger partial charge in [0.05, 0.1) is 11.5 Å². The van der Waals surface area contributed by atoms with E-state index in [0.29, 0.717) is 17.1 Å². The molecule has 0 radical (unpaired) electrons. The Labute approximate surface area is 140 Å². The molecule has 110 valence electrons. The number of hydrogen-bond donors (Lipinski definition) is 1. The molecule has 2 heterocycles. The van der Waals surface area contributed by atoms with Crippen LogP contribution in [0.15, 0.2) is 51.0 Å². The molecule has 0 fully saturated rings. The van der Waals surface area contributed by atoms with E-state index in [1.165, 1.54) is 0 Å². The predicted octanol–water partition coefficient (Wildman–Crippen LogP) is 2.77. The molecule has 0 saturated heterocycles. The minimum Gasteiger partial charge on any atom is -0.440 e. The number of ether oxygens (including phenoxy) is 1. The minimum absolute atomic E-state index is 0.0175. The van der Waals surface area contributed by atoms with Crippen molar-refractivity contribution in [2.24, 2.45) is 5.73 Å². The van der Waals surface area contributed by atoms with Gasteiger partial charge in [0.2, 0.25) is 5.88 Å². The van der Waals surface area contributed by atoms with Gasteiger partial charge in [-0.2, -0.15) is 5.26 Å². The molecule has 1 aromatic carbocycles. The molecule has 2 N–H and O–H groups in total. The van der Waals surface area contributed by atoms with E-state index in [9.17, 15) is 10.1 Å². The van der Waals surface area contributed by atoms with Gasteiger partial charge in [0, 0.05) is 9.64 Å². The van der Waals surface area contributed by atoms with Gasteiger partial charge < -0.3 is 14.9 Å². The summed E-state index contributed by atoms with van der Waals surface area (Å²) in [6.45, 7) is 1.66. The maximum atomic E-state index is 12.3. The zero-order valence-electron chi connectivity index (χ0n) is 11.6. The number of hydrogen-bond acceptors (Lipinski definition) is 5. The van der Waals surface area contributed by atoms with E-state index in [-0.39, 0.29) is 11.5 Å². The molecule has 0 saturated carbocycles. The first-order valence-electron chi connectivity index (χ1n) is 6.49. The first kappa shape index (κ1) is 14.7.